The Bertz CT molecular complexity index is 824. The maximum atomic E-state index is 13.1. The van der Waals surface area contributed by atoms with E-state index in [1.165, 1.54) is 13.0 Å². The van der Waals surface area contributed by atoms with Crippen molar-refractivity contribution in [3.05, 3.63) is 53.1 Å². The molecule has 6 heteroatoms. The van der Waals surface area contributed by atoms with Gasteiger partial charge in [0.05, 0.1) is 11.5 Å². The van der Waals surface area contributed by atoms with Crippen LogP contribution in [-0.4, -0.2) is 24.2 Å². The van der Waals surface area contributed by atoms with Gasteiger partial charge in [0.25, 0.3) is 0 Å². The van der Waals surface area contributed by atoms with Crippen LogP contribution in [0.1, 0.15) is 16.7 Å². The molecule has 1 fully saturated rings. The van der Waals surface area contributed by atoms with Gasteiger partial charge in [0, 0.05) is 18.8 Å². The molecular formula is C19H18F3NO2. The molecule has 25 heavy (non-hydrogen) atoms. The van der Waals surface area contributed by atoms with Gasteiger partial charge < -0.3 is 10.0 Å². The number of halogens is 3. The summed E-state index contributed by atoms with van der Waals surface area (Å²) < 4.78 is 39.4. The minimum Gasteiger partial charge on any atom is -0.481 e. The summed E-state index contributed by atoms with van der Waals surface area (Å²) in [7, 11) is 0. The third-order valence-corrected chi connectivity index (χ3v) is 4.61. The topological polar surface area (TPSA) is 40.5 Å². The molecule has 1 aliphatic heterocycles. The first-order valence-corrected chi connectivity index (χ1v) is 7.93. The Labute approximate surface area is 143 Å². The fourth-order valence-electron chi connectivity index (χ4n) is 3.20. The molecule has 0 unspecified atom stereocenters. The van der Waals surface area contributed by atoms with E-state index >= 15 is 0 Å². The van der Waals surface area contributed by atoms with Crippen LogP contribution in [0.25, 0.3) is 11.1 Å². The lowest BCUT2D eigenvalue weighted by molar-refractivity contribution is -0.142. The average Bonchev–Trinajstić information content (AvgIpc) is 2.43. The number of alkyl halides is 3. The fraction of sp³-hybridized carbons (Fsp3) is 0.316. The fourth-order valence-corrected chi connectivity index (χ4v) is 3.20. The smallest absolute Gasteiger partial charge is 0.416 e. The standard InChI is InChI=1S/C19H18F3NO2/c1-11-6-13(8-15(7-11)23-9-14(10-23)18(24)25)16-4-3-5-17(12(16)2)19(20,21)22/h3-8,14H,9-10H2,1-2H3,(H,24,25). The number of hydrogen-bond donors (Lipinski definition) is 1. The number of anilines is 1. The van der Waals surface area contributed by atoms with E-state index in [0.717, 1.165) is 17.3 Å². The van der Waals surface area contributed by atoms with Gasteiger partial charge in [-0.05, 0) is 54.3 Å². The maximum absolute atomic E-state index is 13.1. The van der Waals surface area contributed by atoms with E-state index < -0.39 is 17.7 Å². The summed E-state index contributed by atoms with van der Waals surface area (Å²) in [6.07, 6.45) is -4.39. The van der Waals surface area contributed by atoms with Gasteiger partial charge in [0.15, 0.2) is 0 Å². The summed E-state index contributed by atoms with van der Waals surface area (Å²) in [4.78, 5) is 12.9. The number of carboxylic acids is 1. The number of carboxylic acid groups (broad SMARTS) is 1. The largest absolute Gasteiger partial charge is 0.481 e. The Kier molecular flexibility index (Phi) is 4.22. The second-order valence-corrected chi connectivity index (χ2v) is 6.47. The van der Waals surface area contributed by atoms with Crippen molar-refractivity contribution in [3.8, 4) is 11.1 Å². The van der Waals surface area contributed by atoms with Gasteiger partial charge >= 0.3 is 12.1 Å². The van der Waals surface area contributed by atoms with Crippen LogP contribution in [0.15, 0.2) is 36.4 Å². The molecule has 0 amide bonds. The van der Waals surface area contributed by atoms with Crippen LogP contribution in [-0.2, 0) is 11.0 Å². The first kappa shape index (κ1) is 17.3. The summed E-state index contributed by atoms with van der Waals surface area (Å²) in [5, 5.41) is 9.00. The molecule has 1 heterocycles. The molecule has 1 saturated heterocycles. The van der Waals surface area contributed by atoms with Crippen molar-refractivity contribution >= 4 is 11.7 Å². The van der Waals surface area contributed by atoms with Gasteiger partial charge in [0.1, 0.15) is 0 Å². The quantitative estimate of drug-likeness (QED) is 0.886. The molecule has 0 aromatic heterocycles. The van der Waals surface area contributed by atoms with Crippen LogP contribution in [0.2, 0.25) is 0 Å². The molecule has 3 rings (SSSR count). The van der Waals surface area contributed by atoms with E-state index in [9.17, 15) is 18.0 Å². The van der Waals surface area contributed by atoms with Gasteiger partial charge in [-0.2, -0.15) is 13.2 Å². The van der Waals surface area contributed by atoms with Crippen molar-refractivity contribution in [2.24, 2.45) is 5.92 Å². The van der Waals surface area contributed by atoms with Crippen molar-refractivity contribution in [1.29, 1.82) is 0 Å². The zero-order chi connectivity index (χ0) is 18.4. The van der Waals surface area contributed by atoms with E-state index in [1.807, 2.05) is 30.0 Å². The van der Waals surface area contributed by atoms with Crippen LogP contribution < -0.4 is 4.90 Å². The first-order chi connectivity index (χ1) is 11.7. The third-order valence-electron chi connectivity index (χ3n) is 4.61. The molecule has 0 radical (unpaired) electrons. The summed E-state index contributed by atoms with van der Waals surface area (Å²) in [6.45, 7) is 4.19. The number of aryl methyl sites for hydroxylation is 1. The second-order valence-electron chi connectivity index (χ2n) is 6.47. The van der Waals surface area contributed by atoms with E-state index in [1.54, 1.807) is 6.07 Å². The van der Waals surface area contributed by atoms with Crippen LogP contribution >= 0.6 is 0 Å². The number of rotatable bonds is 3. The molecule has 0 spiro atoms. The highest BCUT2D eigenvalue weighted by atomic mass is 19.4. The highest BCUT2D eigenvalue weighted by Gasteiger charge is 2.34. The van der Waals surface area contributed by atoms with Crippen LogP contribution in [0.5, 0.6) is 0 Å². The van der Waals surface area contributed by atoms with Gasteiger partial charge in [0.2, 0.25) is 0 Å². The molecule has 2 aromatic rings. The molecule has 1 aliphatic rings. The minimum atomic E-state index is -4.39. The highest BCUT2D eigenvalue weighted by molar-refractivity contribution is 5.77. The lowest BCUT2D eigenvalue weighted by Crippen LogP contribution is -2.50. The molecule has 0 saturated carbocycles. The van der Waals surface area contributed by atoms with Gasteiger partial charge in [-0.15, -0.1) is 0 Å². The molecule has 132 valence electrons. The SMILES string of the molecule is Cc1cc(-c2cccc(C(F)(F)F)c2C)cc(N2CC(C(=O)O)C2)c1. The summed E-state index contributed by atoms with van der Waals surface area (Å²) >= 11 is 0. The third kappa shape index (κ3) is 3.34. The van der Waals surface area contributed by atoms with Gasteiger partial charge in [-0.3, -0.25) is 4.79 Å². The van der Waals surface area contributed by atoms with Crippen molar-refractivity contribution in [1.82, 2.24) is 0 Å². The van der Waals surface area contributed by atoms with Crippen LogP contribution in [0, 0.1) is 19.8 Å². The number of hydrogen-bond acceptors (Lipinski definition) is 2. The minimum absolute atomic E-state index is 0.193. The predicted molar refractivity (Wildman–Crippen MR) is 89.7 cm³/mol. The molecular weight excluding hydrogens is 331 g/mol. The van der Waals surface area contributed by atoms with Crippen LogP contribution in [0.4, 0.5) is 18.9 Å². The Morgan fingerprint density at radius 1 is 1.16 bits per heavy atom. The first-order valence-electron chi connectivity index (χ1n) is 7.93. The molecule has 1 N–H and O–H groups in total. The molecule has 0 aliphatic carbocycles. The Morgan fingerprint density at radius 2 is 1.84 bits per heavy atom. The lowest BCUT2D eigenvalue weighted by atomic mass is 9.93. The molecule has 0 bridgehead atoms. The van der Waals surface area contributed by atoms with Crippen molar-refractivity contribution < 1.29 is 23.1 Å². The summed E-state index contributed by atoms with van der Waals surface area (Å²) in [5.74, 6) is -1.21. The van der Waals surface area contributed by atoms with Gasteiger partial charge in [-0.1, -0.05) is 18.2 Å². The van der Waals surface area contributed by atoms with E-state index in [2.05, 4.69) is 0 Å². The maximum Gasteiger partial charge on any atom is 0.416 e. The van der Waals surface area contributed by atoms with Crippen LogP contribution in [0.3, 0.4) is 0 Å². The second kappa shape index (κ2) is 6.10. The lowest BCUT2D eigenvalue weighted by Gasteiger charge is -2.39. The number of aliphatic carboxylic acids is 1. The van der Waals surface area contributed by atoms with E-state index in [4.69, 9.17) is 5.11 Å². The Balaban J connectivity index is 1.98. The van der Waals surface area contributed by atoms with Gasteiger partial charge in [-0.25, -0.2) is 0 Å². The number of benzene rings is 2. The zero-order valence-electron chi connectivity index (χ0n) is 13.9. The predicted octanol–water partition coefficient (Wildman–Crippen LogP) is 4.51. The number of nitrogens with zero attached hydrogens (tertiary/aromatic N) is 1. The normalized spacial score (nSPS) is 15.2. The monoisotopic (exact) mass is 349 g/mol. The Morgan fingerprint density at radius 3 is 2.44 bits per heavy atom. The highest BCUT2D eigenvalue weighted by Crippen LogP contribution is 2.38. The van der Waals surface area contributed by atoms with E-state index in [0.29, 0.717) is 24.2 Å². The zero-order valence-corrected chi connectivity index (χ0v) is 13.9. The van der Waals surface area contributed by atoms with E-state index in [-0.39, 0.29) is 11.5 Å². The van der Waals surface area contributed by atoms with Crippen molar-refractivity contribution in [3.63, 3.8) is 0 Å². The molecule has 0 atom stereocenters. The number of carbonyl (C=O) groups is 1. The molecule has 3 nitrogen and oxygen atoms in total. The Hall–Kier alpha value is -2.50. The summed E-state index contributed by atoms with van der Waals surface area (Å²) in [5.41, 5.74) is 2.56. The van der Waals surface area contributed by atoms with Crippen molar-refractivity contribution in [2.45, 2.75) is 20.0 Å². The summed E-state index contributed by atoms with van der Waals surface area (Å²) in [6, 6.07) is 9.78. The average molecular weight is 349 g/mol. The van der Waals surface area contributed by atoms with Crippen molar-refractivity contribution in [2.75, 3.05) is 18.0 Å². The molecule has 2 aromatic carbocycles.